The van der Waals surface area contributed by atoms with Gasteiger partial charge in [-0.3, -0.25) is 5.10 Å². The standard InChI is InChI=1S/C13H13BrN2/c14-11-6-4-10(5-7-11)13-8-12(15-16-13)9-2-1-3-9/h4-9H,1-3H2,(H,15,16). The van der Waals surface area contributed by atoms with Crippen LogP contribution in [-0.2, 0) is 0 Å². The van der Waals surface area contributed by atoms with Gasteiger partial charge in [-0.25, -0.2) is 0 Å². The van der Waals surface area contributed by atoms with Crippen LogP contribution in [0.1, 0.15) is 30.9 Å². The van der Waals surface area contributed by atoms with Gasteiger partial charge < -0.3 is 0 Å². The van der Waals surface area contributed by atoms with Gasteiger partial charge in [0.25, 0.3) is 0 Å². The van der Waals surface area contributed by atoms with E-state index in [4.69, 9.17) is 0 Å². The van der Waals surface area contributed by atoms with E-state index >= 15 is 0 Å². The van der Waals surface area contributed by atoms with Crippen LogP contribution in [0.3, 0.4) is 0 Å². The van der Waals surface area contributed by atoms with Gasteiger partial charge in [0.15, 0.2) is 0 Å². The molecule has 0 bridgehead atoms. The molecule has 82 valence electrons. The summed E-state index contributed by atoms with van der Waals surface area (Å²) in [6.07, 6.45) is 3.97. The van der Waals surface area contributed by atoms with E-state index in [2.05, 4.69) is 44.3 Å². The lowest BCUT2D eigenvalue weighted by molar-refractivity contribution is 0.410. The molecule has 0 radical (unpaired) electrons. The normalized spacial score (nSPS) is 16.1. The van der Waals surface area contributed by atoms with Crippen LogP contribution in [0.2, 0.25) is 0 Å². The Hall–Kier alpha value is -1.09. The van der Waals surface area contributed by atoms with Crippen molar-refractivity contribution in [3.05, 3.63) is 40.5 Å². The van der Waals surface area contributed by atoms with Crippen molar-refractivity contribution in [2.45, 2.75) is 25.2 Å². The number of hydrogen-bond acceptors (Lipinski definition) is 1. The molecule has 2 nitrogen and oxygen atoms in total. The Balaban J connectivity index is 1.88. The van der Waals surface area contributed by atoms with Crippen LogP contribution in [0.25, 0.3) is 11.3 Å². The lowest BCUT2D eigenvalue weighted by Crippen LogP contribution is -2.08. The van der Waals surface area contributed by atoms with Crippen LogP contribution in [-0.4, -0.2) is 10.2 Å². The second-order valence-electron chi connectivity index (χ2n) is 4.34. The first-order valence-corrected chi connectivity index (χ1v) is 6.43. The van der Waals surface area contributed by atoms with Gasteiger partial charge in [0.2, 0.25) is 0 Å². The Morgan fingerprint density at radius 3 is 2.56 bits per heavy atom. The van der Waals surface area contributed by atoms with Crippen LogP contribution < -0.4 is 0 Å². The van der Waals surface area contributed by atoms with E-state index in [1.807, 2.05) is 12.1 Å². The van der Waals surface area contributed by atoms with Crippen molar-refractivity contribution in [1.29, 1.82) is 0 Å². The van der Waals surface area contributed by atoms with E-state index in [1.54, 1.807) is 0 Å². The number of aromatic amines is 1. The third-order valence-corrected chi connectivity index (χ3v) is 3.81. The molecule has 1 heterocycles. The number of halogens is 1. The first-order chi connectivity index (χ1) is 7.83. The summed E-state index contributed by atoms with van der Waals surface area (Å²) in [5.41, 5.74) is 3.52. The zero-order chi connectivity index (χ0) is 11.0. The summed E-state index contributed by atoms with van der Waals surface area (Å²) < 4.78 is 1.10. The lowest BCUT2D eigenvalue weighted by atomic mass is 9.83. The number of nitrogens with one attached hydrogen (secondary N) is 1. The molecule has 0 atom stereocenters. The van der Waals surface area contributed by atoms with Crippen LogP contribution in [0.5, 0.6) is 0 Å². The van der Waals surface area contributed by atoms with Crippen LogP contribution in [0.15, 0.2) is 34.8 Å². The molecule has 3 heteroatoms. The fourth-order valence-corrected chi connectivity index (χ4v) is 2.30. The topological polar surface area (TPSA) is 28.7 Å². The lowest BCUT2D eigenvalue weighted by Gasteiger charge is -2.23. The minimum atomic E-state index is 0.719. The van der Waals surface area contributed by atoms with Gasteiger partial charge in [-0.05, 0) is 31.0 Å². The molecule has 0 spiro atoms. The highest BCUT2D eigenvalue weighted by Gasteiger charge is 2.21. The molecule has 1 aromatic heterocycles. The summed E-state index contributed by atoms with van der Waals surface area (Å²) >= 11 is 3.44. The van der Waals surface area contributed by atoms with Crippen molar-refractivity contribution in [3.8, 4) is 11.3 Å². The third-order valence-electron chi connectivity index (χ3n) is 3.28. The van der Waals surface area contributed by atoms with Gasteiger partial charge in [-0.15, -0.1) is 0 Å². The number of hydrogen-bond donors (Lipinski definition) is 1. The Kier molecular flexibility index (Phi) is 2.56. The zero-order valence-corrected chi connectivity index (χ0v) is 10.5. The first kappa shape index (κ1) is 10.1. The minimum Gasteiger partial charge on any atom is -0.282 e. The summed E-state index contributed by atoms with van der Waals surface area (Å²) in [4.78, 5) is 0. The molecule has 0 aliphatic heterocycles. The van der Waals surface area contributed by atoms with E-state index in [9.17, 15) is 0 Å². The second-order valence-corrected chi connectivity index (χ2v) is 5.26. The van der Waals surface area contributed by atoms with Crippen molar-refractivity contribution in [1.82, 2.24) is 10.2 Å². The third kappa shape index (κ3) is 1.80. The van der Waals surface area contributed by atoms with Crippen molar-refractivity contribution in [2.75, 3.05) is 0 Å². The van der Waals surface area contributed by atoms with Gasteiger partial charge in [-0.1, -0.05) is 34.5 Å². The Morgan fingerprint density at radius 1 is 1.19 bits per heavy atom. The number of rotatable bonds is 2. The first-order valence-electron chi connectivity index (χ1n) is 5.64. The van der Waals surface area contributed by atoms with Crippen LogP contribution in [0, 0.1) is 0 Å². The second kappa shape index (κ2) is 4.06. The summed E-state index contributed by atoms with van der Waals surface area (Å²) in [7, 11) is 0. The van der Waals surface area contributed by atoms with E-state index in [0.29, 0.717) is 0 Å². The average Bonchev–Trinajstić information content (AvgIpc) is 2.65. The molecule has 2 aromatic rings. The molecule has 16 heavy (non-hydrogen) atoms. The summed E-state index contributed by atoms with van der Waals surface area (Å²) in [5.74, 6) is 0.719. The van der Waals surface area contributed by atoms with Crippen molar-refractivity contribution >= 4 is 15.9 Å². The maximum atomic E-state index is 4.38. The highest BCUT2D eigenvalue weighted by Crippen LogP contribution is 2.36. The van der Waals surface area contributed by atoms with E-state index in [1.165, 1.54) is 30.5 Å². The van der Waals surface area contributed by atoms with Crippen molar-refractivity contribution in [2.24, 2.45) is 0 Å². The summed E-state index contributed by atoms with van der Waals surface area (Å²) in [6.45, 7) is 0. The number of H-pyrrole nitrogens is 1. The summed E-state index contributed by atoms with van der Waals surface area (Å²) in [6, 6.07) is 10.5. The van der Waals surface area contributed by atoms with E-state index in [-0.39, 0.29) is 0 Å². The quantitative estimate of drug-likeness (QED) is 0.879. The molecular weight excluding hydrogens is 264 g/mol. The Bertz CT molecular complexity index is 483. The predicted octanol–water partition coefficient (Wildman–Crippen LogP) is 4.11. The van der Waals surface area contributed by atoms with Gasteiger partial charge >= 0.3 is 0 Å². The zero-order valence-electron chi connectivity index (χ0n) is 8.91. The smallest absolute Gasteiger partial charge is 0.0923 e. The molecule has 0 saturated heterocycles. The predicted molar refractivity (Wildman–Crippen MR) is 68.3 cm³/mol. The largest absolute Gasteiger partial charge is 0.282 e. The monoisotopic (exact) mass is 276 g/mol. The highest BCUT2D eigenvalue weighted by atomic mass is 79.9. The molecule has 1 aliphatic carbocycles. The van der Waals surface area contributed by atoms with Crippen molar-refractivity contribution in [3.63, 3.8) is 0 Å². The van der Waals surface area contributed by atoms with Gasteiger partial charge in [0.05, 0.1) is 5.69 Å². The molecule has 1 saturated carbocycles. The van der Waals surface area contributed by atoms with E-state index < -0.39 is 0 Å². The van der Waals surface area contributed by atoms with Gasteiger partial charge in [-0.2, -0.15) is 5.10 Å². The van der Waals surface area contributed by atoms with Gasteiger partial charge in [0, 0.05) is 21.6 Å². The molecule has 0 amide bonds. The highest BCUT2D eigenvalue weighted by molar-refractivity contribution is 9.10. The maximum Gasteiger partial charge on any atom is 0.0923 e. The fourth-order valence-electron chi connectivity index (χ4n) is 2.03. The van der Waals surface area contributed by atoms with E-state index in [0.717, 1.165) is 16.1 Å². The van der Waals surface area contributed by atoms with Crippen LogP contribution >= 0.6 is 15.9 Å². The summed E-state index contributed by atoms with van der Waals surface area (Å²) in [5, 5.41) is 7.54. The molecular formula is C13H13BrN2. The fraction of sp³-hybridized carbons (Fsp3) is 0.308. The molecule has 1 aromatic carbocycles. The number of nitrogens with zero attached hydrogens (tertiary/aromatic N) is 1. The maximum absolute atomic E-state index is 4.38. The number of benzene rings is 1. The SMILES string of the molecule is Brc1ccc(-c2cc(C3CCC3)[nH]n2)cc1. The molecule has 1 aliphatic rings. The number of aromatic nitrogens is 2. The van der Waals surface area contributed by atoms with Crippen molar-refractivity contribution < 1.29 is 0 Å². The van der Waals surface area contributed by atoms with Gasteiger partial charge in [0.1, 0.15) is 0 Å². The molecule has 1 N–H and O–H groups in total. The molecule has 0 unspecified atom stereocenters. The average molecular weight is 277 g/mol. The Labute approximate surface area is 103 Å². The molecule has 1 fully saturated rings. The Morgan fingerprint density at radius 2 is 1.94 bits per heavy atom. The minimum absolute atomic E-state index is 0.719. The van der Waals surface area contributed by atoms with Crippen LogP contribution in [0.4, 0.5) is 0 Å². The molecule has 3 rings (SSSR count).